The molecule has 2 N–H and O–H groups in total. The van der Waals surface area contributed by atoms with Gasteiger partial charge in [0.2, 0.25) is 5.91 Å². The van der Waals surface area contributed by atoms with Gasteiger partial charge in [-0.15, -0.1) is 0 Å². The van der Waals surface area contributed by atoms with E-state index in [9.17, 15) is 14.4 Å². The fraction of sp³-hybridized carbons (Fsp3) is 0.364. The normalized spacial score (nSPS) is 13.6. The number of ether oxygens (including phenoxy) is 1. The van der Waals surface area contributed by atoms with Gasteiger partial charge in [-0.25, -0.2) is 14.3 Å². The number of rotatable bonds is 5. The Balaban J connectivity index is 1.64. The average Bonchev–Trinajstić information content (AvgIpc) is 3.40. The summed E-state index contributed by atoms with van der Waals surface area (Å²) >= 11 is 0. The van der Waals surface area contributed by atoms with Crippen molar-refractivity contribution in [2.24, 2.45) is 0 Å². The van der Waals surface area contributed by atoms with E-state index in [4.69, 9.17) is 4.74 Å². The van der Waals surface area contributed by atoms with Crippen LogP contribution in [0, 0.1) is 13.8 Å². The van der Waals surface area contributed by atoms with Crippen molar-refractivity contribution in [2.75, 3.05) is 30.4 Å². The zero-order valence-corrected chi connectivity index (χ0v) is 17.8. The van der Waals surface area contributed by atoms with E-state index in [1.165, 1.54) is 13.2 Å². The van der Waals surface area contributed by atoms with E-state index in [0.717, 1.165) is 42.9 Å². The molecule has 31 heavy (non-hydrogen) atoms. The first-order chi connectivity index (χ1) is 14.9. The Kier molecular flexibility index (Phi) is 5.50. The van der Waals surface area contributed by atoms with Crippen LogP contribution in [0.15, 0.2) is 29.1 Å². The molecule has 9 heteroatoms. The first-order valence-corrected chi connectivity index (χ1v) is 10.2. The average molecular weight is 423 g/mol. The number of nitrogens with one attached hydrogen (secondary N) is 2. The van der Waals surface area contributed by atoms with Crippen LogP contribution in [-0.4, -0.2) is 46.7 Å². The van der Waals surface area contributed by atoms with Crippen molar-refractivity contribution in [2.45, 2.75) is 33.1 Å². The fourth-order valence-electron chi connectivity index (χ4n) is 4.08. The third-order valence-electron chi connectivity index (χ3n) is 5.68. The molecule has 9 nitrogen and oxygen atoms in total. The molecule has 1 saturated heterocycles. The molecule has 3 aromatic rings. The Bertz CT molecular complexity index is 1220. The lowest BCUT2D eigenvalue weighted by Crippen LogP contribution is -2.23. The number of benzene rings is 1. The van der Waals surface area contributed by atoms with E-state index in [2.05, 4.69) is 20.3 Å². The maximum atomic E-state index is 13.0. The Labute approximate surface area is 179 Å². The van der Waals surface area contributed by atoms with Crippen LogP contribution in [0.4, 0.5) is 11.4 Å². The van der Waals surface area contributed by atoms with E-state index in [1.807, 2.05) is 19.9 Å². The topological polar surface area (TPSA) is 109 Å². The number of hydrogen-bond acceptors (Lipinski definition) is 6. The standard InChI is InChI=1S/C22H25N5O4/c1-13-16(14(2)27-19(23-13)12-21(29)25-27)11-20(28)24-17-10-15(22(30)31-3)6-7-18(17)26-8-4-5-9-26/h6-7,10,12H,4-5,8-9,11H2,1-3H3,(H,24,28)(H,25,29). The highest BCUT2D eigenvalue weighted by atomic mass is 16.5. The number of carbonyl (C=O) groups excluding carboxylic acids is 2. The number of aromatic amines is 1. The second-order valence-corrected chi connectivity index (χ2v) is 7.72. The molecule has 1 fully saturated rings. The minimum Gasteiger partial charge on any atom is -0.465 e. The van der Waals surface area contributed by atoms with Gasteiger partial charge >= 0.3 is 5.97 Å². The van der Waals surface area contributed by atoms with Crippen LogP contribution in [0.1, 0.15) is 40.2 Å². The highest BCUT2D eigenvalue weighted by Gasteiger charge is 2.20. The number of H-pyrrole nitrogens is 1. The maximum absolute atomic E-state index is 13.0. The van der Waals surface area contributed by atoms with Crippen LogP contribution in [0.2, 0.25) is 0 Å². The van der Waals surface area contributed by atoms with E-state index < -0.39 is 5.97 Å². The highest BCUT2D eigenvalue weighted by molar-refractivity contribution is 5.99. The smallest absolute Gasteiger partial charge is 0.337 e. The van der Waals surface area contributed by atoms with Crippen molar-refractivity contribution in [3.63, 3.8) is 0 Å². The molecule has 0 saturated carbocycles. The fourth-order valence-corrected chi connectivity index (χ4v) is 4.08. The number of amides is 1. The lowest BCUT2D eigenvalue weighted by molar-refractivity contribution is -0.115. The predicted octanol–water partition coefficient (Wildman–Crippen LogP) is 2.21. The summed E-state index contributed by atoms with van der Waals surface area (Å²) in [6.07, 6.45) is 2.26. The lowest BCUT2D eigenvalue weighted by atomic mass is 10.1. The summed E-state index contributed by atoms with van der Waals surface area (Å²) in [5, 5.41) is 5.66. The van der Waals surface area contributed by atoms with E-state index in [0.29, 0.717) is 22.6 Å². The van der Waals surface area contributed by atoms with Crippen LogP contribution < -0.4 is 15.8 Å². The van der Waals surface area contributed by atoms with Gasteiger partial charge in [0, 0.05) is 36.1 Å². The molecule has 4 rings (SSSR count). The predicted molar refractivity (Wildman–Crippen MR) is 117 cm³/mol. The van der Waals surface area contributed by atoms with Crippen LogP contribution in [0.25, 0.3) is 5.65 Å². The molecule has 0 unspecified atom stereocenters. The van der Waals surface area contributed by atoms with Gasteiger partial charge < -0.3 is 15.0 Å². The van der Waals surface area contributed by atoms with Crippen molar-refractivity contribution in [1.82, 2.24) is 14.6 Å². The Morgan fingerprint density at radius 1 is 1.19 bits per heavy atom. The number of aromatic nitrogens is 3. The summed E-state index contributed by atoms with van der Waals surface area (Å²) in [7, 11) is 1.33. The summed E-state index contributed by atoms with van der Waals surface area (Å²) in [5.41, 5.74) is 4.30. The quantitative estimate of drug-likeness (QED) is 0.609. The molecule has 0 atom stereocenters. The number of esters is 1. The highest BCUT2D eigenvalue weighted by Crippen LogP contribution is 2.30. The Morgan fingerprint density at radius 2 is 1.94 bits per heavy atom. The van der Waals surface area contributed by atoms with Gasteiger partial charge in [-0.1, -0.05) is 0 Å². The van der Waals surface area contributed by atoms with Crippen molar-refractivity contribution in [3.8, 4) is 0 Å². The number of fused-ring (bicyclic) bond motifs is 1. The molecular formula is C22H25N5O4. The Hall–Kier alpha value is -3.62. The van der Waals surface area contributed by atoms with Crippen molar-refractivity contribution < 1.29 is 14.3 Å². The molecule has 1 amide bonds. The molecule has 1 aliphatic rings. The number of nitrogens with zero attached hydrogens (tertiary/aromatic N) is 3. The third-order valence-corrected chi connectivity index (χ3v) is 5.68. The van der Waals surface area contributed by atoms with E-state index >= 15 is 0 Å². The summed E-state index contributed by atoms with van der Waals surface area (Å²) in [4.78, 5) is 43.3. The minimum atomic E-state index is -0.457. The molecule has 0 spiro atoms. The first-order valence-electron chi connectivity index (χ1n) is 10.2. The third kappa shape index (κ3) is 4.03. The van der Waals surface area contributed by atoms with Gasteiger partial charge in [-0.3, -0.25) is 14.7 Å². The lowest BCUT2D eigenvalue weighted by Gasteiger charge is -2.22. The second kappa shape index (κ2) is 8.25. The second-order valence-electron chi connectivity index (χ2n) is 7.72. The number of aryl methyl sites for hydroxylation is 2. The van der Waals surface area contributed by atoms with Crippen molar-refractivity contribution >= 4 is 28.9 Å². The first kappa shape index (κ1) is 20.6. The van der Waals surface area contributed by atoms with E-state index in [1.54, 1.807) is 16.6 Å². The molecule has 1 aliphatic heterocycles. The number of anilines is 2. The van der Waals surface area contributed by atoms with Crippen LogP contribution in [-0.2, 0) is 16.0 Å². The number of hydrogen-bond donors (Lipinski definition) is 2. The van der Waals surface area contributed by atoms with Crippen LogP contribution in [0.5, 0.6) is 0 Å². The SMILES string of the molecule is COC(=O)c1ccc(N2CCCC2)c(NC(=O)Cc2c(C)nc3cc(=O)[nH]n3c2C)c1. The zero-order valence-electron chi connectivity index (χ0n) is 17.8. The van der Waals surface area contributed by atoms with Crippen LogP contribution >= 0.6 is 0 Å². The van der Waals surface area contributed by atoms with Crippen molar-refractivity contribution in [1.29, 1.82) is 0 Å². The summed E-state index contributed by atoms with van der Waals surface area (Å²) < 4.78 is 6.42. The van der Waals surface area contributed by atoms with Gasteiger partial charge in [0.1, 0.15) is 0 Å². The molecular weight excluding hydrogens is 398 g/mol. The monoisotopic (exact) mass is 423 g/mol. The van der Waals surface area contributed by atoms with Gasteiger partial charge in [-0.2, -0.15) is 0 Å². The van der Waals surface area contributed by atoms with Gasteiger partial charge in [0.25, 0.3) is 5.56 Å². The number of methoxy groups -OCH3 is 1. The molecule has 0 radical (unpaired) electrons. The van der Waals surface area contributed by atoms with Gasteiger partial charge in [0.15, 0.2) is 5.65 Å². The molecule has 2 aromatic heterocycles. The van der Waals surface area contributed by atoms with Gasteiger partial charge in [-0.05, 0) is 44.9 Å². The summed E-state index contributed by atoms with van der Waals surface area (Å²) in [5.74, 6) is -0.689. The molecule has 0 bridgehead atoms. The summed E-state index contributed by atoms with van der Waals surface area (Å²) in [6.45, 7) is 5.47. The van der Waals surface area contributed by atoms with Crippen molar-refractivity contribution in [3.05, 3.63) is 57.1 Å². The van der Waals surface area contributed by atoms with E-state index in [-0.39, 0.29) is 17.9 Å². The molecule has 1 aromatic carbocycles. The molecule has 3 heterocycles. The zero-order chi connectivity index (χ0) is 22.1. The minimum absolute atomic E-state index is 0.0860. The largest absolute Gasteiger partial charge is 0.465 e. The maximum Gasteiger partial charge on any atom is 0.337 e. The summed E-state index contributed by atoms with van der Waals surface area (Å²) in [6, 6.07) is 6.64. The molecule has 162 valence electrons. The molecule has 0 aliphatic carbocycles. The number of carbonyl (C=O) groups is 2. The van der Waals surface area contributed by atoms with Crippen LogP contribution in [0.3, 0.4) is 0 Å². The Morgan fingerprint density at radius 3 is 2.65 bits per heavy atom. The van der Waals surface area contributed by atoms with Gasteiger partial charge in [0.05, 0.1) is 30.5 Å².